The van der Waals surface area contributed by atoms with Gasteiger partial charge in [-0.05, 0) is 83.5 Å². The fourth-order valence-corrected chi connectivity index (χ4v) is 6.59. The summed E-state index contributed by atoms with van der Waals surface area (Å²) < 4.78 is 11.0. The number of nitrogens with one attached hydrogen (secondary N) is 1. The standard InChI is InChI=1S/C45H81NO10/c1-3-5-7-9-11-13-15-17-19-21-23-25-27-29-31-33-38(49)44(54)46-36(35-55-45-43(53)42(52)41(51)39(34-47)56-45)40(50)37(48)32-30-28-26-24-22-20-18-16-14-12-10-8-6-4-2/h8,10,16,18-19,21,24,26,36-43,45,47-53H,3-7,9,11-15,17,20,22-23,25,27-35H2,1-2H3,(H,46,54)/b10-8+,18-16+,21-19-,26-24+. The van der Waals surface area contributed by atoms with E-state index in [2.05, 4.69) is 61.7 Å². The van der Waals surface area contributed by atoms with E-state index in [9.17, 15) is 40.5 Å². The second-order valence-corrected chi connectivity index (χ2v) is 15.4. The van der Waals surface area contributed by atoms with E-state index in [0.717, 1.165) is 64.2 Å². The first-order valence-electron chi connectivity index (χ1n) is 22.0. The first-order valence-corrected chi connectivity index (χ1v) is 22.0. The molecule has 1 saturated heterocycles. The Balaban J connectivity index is 2.54. The second kappa shape index (κ2) is 35.1. The van der Waals surface area contributed by atoms with Crippen LogP contribution >= 0.6 is 0 Å². The van der Waals surface area contributed by atoms with Gasteiger partial charge in [-0.25, -0.2) is 0 Å². The minimum Gasteiger partial charge on any atom is -0.394 e. The molecule has 1 rings (SSSR count). The number of aliphatic hydroxyl groups is 7. The largest absolute Gasteiger partial charge is 0.394 e. The van der Waals surface area contributed by atoms with Crippen LogP contribution in [-0.4, -0.2) is 110 Å². The van der Waals surface area contributed by atoms with Crippen molar-refractivity contribution in [3.05, 3.63) is 48.6 Å². The summed E-state index contributed by atoms with van der Waals surface area (Å²) in [4.78, 5) is 13.0. The zero-order valence-electron chi connectivity index (χ0n) is 34.8. The van der Waals surface area contributed by atoms with Gasteiger partial charge in [0.05, 0.1) is 25.4 Å². The maximum Gasteiger partial charge on any atom is 0.249 e. The van der Waals surface area contributed by atoms with Crippen LogP contribution in [0.15, 0.2) is 48.6 Å². The zero-order valence-corrected chi connectivity index (χ0v) is 34.8. The lowest BCUT2D eigenvalue weighted by Crippen LogP contribution is -2.60. The predicted molar refractivity (Wildman–Crippen MR) is 224 cm³/mol. The Hall–Kier alpha value is -1.93. The van der Waals surface area contributed by atoms with Crippen molar-refractivity contribution in [2.75, 3.05) is 13.2 Å². The topological polar surface area (TPSA) is 189 Å². The Kier molecular flexibility index (Phi) is 32.6. The number of carbonyl (C=O) groups is 1. The van der Waals surface area contributed by atoms with E-state index in [1.807, 2.05) is 6.08 Å². The lowest BCUT2D eigenvalue weighted by Gasteiger charge is -2.40. The van der Waals surface area contributed by atoms with Crippen molar-refractivity contribution in [3.63, 3.8) is 0 Å². The van der Waals surface area contributed by atoms with E-state index in [4.69, 9.17) is 9.47 Å². The van der Waals surface area contributed by atoms with Crippen LogP contribution < -0.4 is 5.32 Å². The number of hydrogen-bond acceptors (Lipinski definition) is 10. The van der Waals surface area contributed by atoms with Gasteiger partial charge in [0.1, 0.15) is 36.6 Å². The number of hydrogen-bond donors (Lipinski definition) is 8. The summed E-state index contributed by atoms with van der Waals surface area (Å²) in [6, 6.07) is -1.20. The SMILES string of the molecule is CCC/C=C/CC/C=C/CC/C=C/CCCC(O)C(O)C(COC1OC(CO)C(O)C(O)C1O)NC(=O)C(O)CCCCCC/C=C\CCCCCCCCC. The average molecular weight is 796 g/mol. The van der Waals surface area contributed by atoms with Crippen LogP contribution in [-0.2, 0) is 14.3 Å². The van der Waals surface area contributed by atoms with E-state index in [-0.39, 0.29) is 12.8 Å². The molecule has 0 bridgehead atoms. The fraction of sp³-hybridized carbons (Fsp3) is 0.800. The normalized spacial score (nSPS) is 22.8. The first kappa shape index (κ1) is 52.1. The van der Waals surface area contributed by atoms with Gasteiger partial charge in [0.25, 0.3) is 0 Å². The third-order valence-electron chi connectivity index (χ3n) is 10.3. The summed E-state index contributed by atoms with van der Waals surface area (Å²) in [5.41, 5.74) is 0. The summed E-state index contributed by atoms with van der Waals surface area (Å²) in [7, 11) is 0. The Labute approximate surface area is 339 Å². The molecule has 0 spiro atoms. The molecule has 56 heavy (non-hydrogen) atoms. The molecule has 0 saturated carbocycles. The highest BCUT2D eigenvalue weighted by Gasteiger charge is 2.44. The van der Waals surface area contributed by atoms with E-state index >= 15 is 0 Å². The van der Waals surface area contributed by atoms with Gasteiger partial charge in [-0.15, -0.1) is 0 Å². The first-order chi connectivity index (χ1) is 27.2. The molecule has 9 unspecified atom stereocenters. The Morgan fingerprint density at radius 2 is 1.11 bits per heavy atom. The Morgan fingerprint density at radius 3 is 1.66 bits per heavy atom. The molecule has 0 aromatic carbocycles. The van der Waals surface area contributed by atoms with Gasteiger partial charge in [-0.2, -0.15) is 0 Å². The Bertz CT molecular complexity index is 1050. The van der Waals surface area contributed by atoms with Crippen LogP contribution in [0.1, 0.15) is 162 Å². The molecule has 9 atom stereocenters. The highest BCUT2D eigenvalue weighted by Crippen LogP contribution is 2.23. The average Bonchev–Trinajstić information content (AvgIpc) is 3.20. The minimum atomic E-state index is -1.67. The number of unbranched alkanes of at least 4 members (excludes halogenated alkanes) is 15. The third-order valence-corrected chi connectivity index (χ3v) is 10.3. The molecule has 1 aliphatic heterocycles. The maximum atomic E-state index is 13.0. The molecule has 1 heterocycles. The van der Waals surface area contributed by atoms with Crippen molar-refractivity contribution in [2.24, 2.45) is 0 Å². The van der Waals surface area contributed by atoms with Crippen LogP contribution in [0.25, 0.3) is 0 Å². The lowest BCUT2D eigenvalue weighted by molar-refractivity contribution is -0.303. The molecule has 8 N–H and O–H groups in total. The van der Waals surface area contributed by atoms with E-state index < -0.39 is 74.2 Å². The van der Waals surface area contributed by atoms with Gasteiger partial charge in [-0.1, -0.05) is 127 Å². The highest BCUT2D eigenvalue weighted by atomic mass is 16.7. The second-order valence-electron chi connectivity index (χ2n) is 15.4. The van der Waals surface area contributed by atoms with Gasteiger partial charge in [0, 0.05) is 0 Å². The molecule has 11 heteroatoms. The zero-order chi connectivity index (χ0) is 41.2. The number of allylic oxidation sites excluding steroid dienone is 8. The Morgan fingerprint density at radius 1 is 0.607 bits per heavy atom. The molecule has 0 radical (unpaired) electrons. The summed E-state index contributed by atoms with van der Waals surface area (Å²) >= 11 is 0. The van der Waals surface area contributed by atoms with Crippen molar-refractivity contribution >= 4 is 5.91 Å². The van der Waals surface area contributed by atoms with Gasteiger partial charge < -0.3 is 50.5 Å². The molecule has 1 fully saturated rings. The lowest BCUT2D eigenvalue weighted by atomic mass is 9.98. The molecular formula is C45H81NO10. The maximum absolute atomic E-state index is 13.0. The highest BCUT2D eigenvalue weighted by molar-refractivity contribution is 5.80. The van der Waals surface area contributed by atoms with Gasteiger partial charge in [0.2, 0.25) is 5.91 Å². The van der Waals surface area contributed by atoms with Crippen LogP contribution in [0.5, 0.6) is 0 Å². The van der Waals surface area contributed by atoms with Crippen LogP contribution in [0.2, 0.25) is 0 Å². The summed E-state index contributed by atoms with van der Waals surface area (Å²) in [6.45, 7) is 3.32. The number of ether oxygens (including phenoxy) is 2. The molecular weight excluding hydrogens is 714 g/mol. The summed E-state index contributed by atoms with van der Waals surface area (Å²) in [5, 5.41) is 75.4. The van der Waals surface area contributed by atoms with Crippen LogP contribution in [0.3, 0.4) is 0 Å². The molecule has 11 nitrogen and oxygen atoms in total. The van der Waals surface area contributed by atoms with Crippen LogP contribution in [0.4, 0.5) is 0 Å². The molecule has 326 valence electrons. The molecule has 0 aromatic heterocycles. The number of aliphatic hydroxyl groups excluding tert-OH is 7. The fourth-order valence-electron chi connectivity index (χ4n) is 6.59. The molecule has 1 amide bonds. The monoisotopic (exact) mass is 796 g/mol. The van der Waals surface area contributed by atoms with Crippen molar-refractivity contribution in [3.8, 4) is 0 Å². The summed E-state index contributed by atoms with van der Waals surface area (Å²) in [6.07, 6.45) is 28.7. The summed E-state index contributed by atoms with van der Waals surface area (Å²) in [5.74, 6) is -0.725. The van der Waals surface area contributed by atoms with Crippen molar-refractivity contribution in [1.29, 1.82) is 0 Å². The number of rotatable bonds is 35. The smallest absolute Gasteiger partial charge is 0.249 e. The van der Waals surface area contributed by atoms with E-state index in [0.29, 0.717) is 19.3 Å². The van der Waals surface area contributed by atoms with Crippen molar-refractivity contribution in [1.82, 2.24) is 5.32 Å². The van der Waals surface area contributed by atoms with Gasteiger partial charge >= 0.3 is 0 Å². The minimum absolute atomic E-state index is 0.234. The number of carbonyl (C=O) groups excluding carboxylic acids is 1. The molecule has 1 aliphatic rings. The molecule has 0 aromatic rings. The van der Waals surface area contributed by atoms with Gasteiger partial charge in [0.15, 0.2) is 6.29 Å². The molecule has 0 aliphatic carbocycles. The number of amides is 1. The van der Waals surface area contributed by atoms with Gasteiger partial charge in [-0.3, -0.25) is 4.79 Å². The van der Waals surface area contributed by atoms with Crippen molar-refractivity contribution in [2.45, 2.75) is 217 Å². The third kappa shape index (κ3) is 24.8. The quantitative estimate of drug-likeness (QED) is 0.0256. The van der Waals surface area contributed by atoms with E-state index in [1.165, 1.54) is 51.4 Å². The van der Waals surface area contributed by atoms with Crippen LogP contribution in [0, 0.1) is 0 Å². The van der Waals surface area contributed by atoms with E-state index in [1.54, 1.807) is 0 Å². The predicted octanol–water partition coefficient (Wildman–Crippen LogP) is 6.61. The van der Waals surface area contributed by atoms with Crippen molar-refractivity contribution < 1.29 is 50.0 Å².